The largest absolute Gasteiger partial charge is 0.376 e. The second-order valence-electron chi connectivity index (χ2n) is 5.72. The van der Waals surface area contributed by atoms with Gasteiger partial charge in [-0.3, -0.25) is 4.79 Å². The summed E-state index contributed by atoms with van der Waals surface area (Å²) in [5, 5.41) is 6.27. The summed E-state index contributed by atoms with van der Waals surface area (Å²) in [6.45, 7) is 4.81. The maximum Gasteiger partial charge on any atom is 0.239 e. The molecule has 1 saturated carbocycles. The number of carbonyl (C=O) groups is 1. The molecule has 2 N–H and O–H groups in total. The average molecular weight is 246 g/mol. The van der Waals surface area contributed by atoms with E-state index in [9.17, 15) is 4.79 Å². The van der Waals surface area contributed by atoms with E-state index in [1.807, 2.05) is 30.3 Å². The van der Waals surface area contributed by atoms with Gasteiger partial charge in [0, 0.05) is 11.7 Å². The molecule has 0 radical (unpaired) electrons. The van der Waals surface area contributed by atoms with E-state index in [-0.39, 0.29) is 11.3 Å². The number of rotatable bonds is 4. The molecule has 2 rings (SSSR count). The van der Waals surface area contributed by atoms with Crippen molar-refractivity contribution in [3.63, 3.8) is 0 Å². The van der Waals surface area contributed by atoms with Crippen LogP contribution in [0.1, 0.15) is 33.1 Å². The Morgan fingerprint density at radius 2 is 2.06 bits per heavy atom. The third-order valence-corrected chi connectivity index (χ3v) is 3.82. The minimum atomic E-state index is 0.0822. The molecule has 0 spiro atoms. The molecule has 1 amide bonds. The van der Waals surface area contributed by atoms with Gasteiger partial charge in [-0.15, -0.1) is 0 Å². The lowest BCUT2D eigenvalue weighted by Gasteiger charge is -2.27. The number of hydrogen-bond donors (Lipinski definition) is 2. The Morgan fingerprint density at radius 3 is 2.67 bits per heavy atom. The van der Waals surface area contributed by atoms with Crippen LogP contribution >= 0.6 is 0 Å². The van der Waals surface area contributed by atoms with E-state index < -0.39 is 0 Å². The molecule has 1 aromatic rings. The minimum Gasteiger partial charge on any atom is -0.376 e. The van der Waals surface area contributed by atoms with Gasteiger partial charge in [0.1, 0.15) is 0 Å². The van der Waals surface area contributed by atoms with Gasteiger partial charge in [-0.05, 0) is 30.4 Å². The average Bonchev–Trinajstić information content (AvgIpc) is 2.68. The van der Waals surface area contributed by atoms with E-state index in [1.54, 1.807) is 0 Å². The van der Waals surface area contributed by atoms with Crippen molar-refractivity contribution in [1.29, 1.82) is 0 Å². The fourth-order valence-electron chi connectivity index (χ4n) is 2.58. The Hall–Kier alpha value is -1.51. The smallest absolute Gasteiger partial charge is 0.239 e. The van der Waals surface area contributed by atoms with Gasteiger partial charge in [0.2, 0.25) is 5.91 Å². The van der Waals surface area contributed by atoms with Crippen molar-refractivity contribution in [2.24, 2.45) is 5.41 Å². The van der Waals surface area contributed by atoms with Crippen LogP contribution in [0.4, 0.5) is 5.69 Å². The molecule has 0 heterocycles. The maximum absolute atomic E-state index is 11.9. The lowest BCUT2D eigenvalue weighted by atomic mass is 9.87. The van der Waals surface area contributed by atoms with Crippen molar-refractivity contribution in [2.45, 2.75) is 39.2 Å². The van der Waals surface area contributed by atoms with Crippen LogP contribution in [0.3, 0.4) is 0 Å². The molecule has 1 atom stereocenters. The summed E-state index contributed by atoms with van der Waals surface area (Å²) in [6, 6.07) is 10.1. The van der Waals surface area contributed by atoms with E-state index in [2.05, 4.69) is 24.5 Å². The van der Waals surface area contributed by atoms with Gasteiger partial charge < -0.3 is 10.6 Å². The number of hydrogen-bond acceptors (Lipinski definition) is 2. The lowest BCUT2D eigenvalue weighted by Crippen LogP contribution is -2.43. The molecule has 1 aromatic carbocycles. The minimum absolute atomic E-state index is 0.0822. The highest BCUT2D eigenvalue weighted by molar-refractivity contribution is 5.81. The van der Waals surface area contributed by atoms with E-state index in [1.165, 1.54) is 12.8 Å². The lowest BCUT2D eigenvalue weighted by molar-refractivity contribution is -0.120. The molecule has 1 aliphatic carbocycles. The van der Waals surface area contributed by atoms with Crippen LogP contribution in [0.2, 0.25) is 0 Å². The molecule has 1 fully saturated rings. The number of carbonyl (C=O) groups excluding carboxylic acids is 1. The second-order valence-corrected chi connectivity index (χ2v) is 5.72. The summed E-state index contributed by atoms with van der Waals surface area (Å²) in [7, 11) is 0. The van der Waals surface area contributed by atoms with E-state index in [0.717, 1.165) is 12.1 Å². The van der Waals surface area contributed by atoms with Crippen molar-refractivity contribution < 1.29 is 4.79 Å². The molecule has 98 valence electrons. The molecule has 3 nitrogen and oxygen atoms in total. The summed E-state index contributed by atoms with van der Waals surface area (Å²) >= 11 is 0. The summed E-state index contributed by atoms with van der Waals surface area (Å²) < 4.78 is 0. The van der Waals surface area contributed by atoms with E-state index in [4.69, 9.17) is 0 Å². The number of benzene rings is 1. The summed E-state index contributed by atoms with van der Waals surface area (Å²) in [5.41, 5.74) is 1.22. The van der Waals surface area contributed by atoms with Crippen molar-refractivity contribution in [3.8, 4) is 0 Å². The van der Waals surface area contributed by atoms with Crippen molar-refractivity contribution in [2.75, 3.05) is 11.9 Å². The summed E-state index contributed by atoms with van der Waals surface area (Å²) in [4.78, 5) is 11.9. The Morgan fingerprint density at radius 1 is 1.33 bits per heavy atom. The third-order valence-electron chi connectivity index (χ3n) is 3.82. The molecule has 0 aliphatic heterocycles. The van der Waals surface area contributed by atoms with Gasteiger partial charge in [0.15, 0.2) is 0 Å². The van der Waals surface area contributed by atoms with Crippen LogP contribution in [-0.4, -0.2) is 18.5 Å². The topological polar surface area (TPSA) is 41.1 Å². The van der Waals surface area contributed by atoms with Gasteiger partial charge in [0.05, 0.1) is 6.54 Å². The zero-order chi connectivity index (χ0) is 13.0. The standard InChI is InChI=1S/C15H22N2O/c1-15(2)10-6-9-13(15)17-14(18)11-16-12-7-4-3-5-8-12/h3-5,7-8,13,16H,6,9-11H2,1-2H3,(H,17,18). The molecule has 0 aromatic heterocycles. The highest BCUT2D eigenvalue weighted by atomic mass is 16.2. The van der Waals surface area contributed by atoms with Gasteiger partial charge in [-0.2, -0.15) is 0 Å². The SMILES string of the molecule is CC1(C)CCCC1NC(=O)CNc1ccccc1. The number of nitrogens with one attached hydrogen (secondary N) is 2. The van der Waals surface area contributed by atoms with Crippen LogP contribution in [-0.2, 0) is 4.79 Å². The van der Waals surface area contributed by atoms with Crippen LogP contribution < -0.4 is 10.6 Å². The van der Waals surface area contributed by atoms with Crippen molar-refractivity contribution in [1.82, 2.24) is 5.32 Å². The normalized spacial score (nSPS) is 21.6. The highest BCUT2D eigenvalue weighted by Crippen LogP contribution is 2.37. The fourth-order valence-corrected chi connectivity index (χ4v) is 2.58. The highest BCUT2D eigenvalue weighted by Gasteiger charge is 2.35. The fraction of sp³-hybridized carbons (Fsp3) is 0.533. The van der Waals surface area contributed by atoms with Gasteiger partial charge in [-0.25, -0.2) is 0 Å². The predicted octanol–water partition coefficient (Wildman–Crippen LogP) is 2.79. The summed E-state index contributed by atoms with van der Waals surface area (Å²) in [6.07, 6.45) is 3.51. The first-order valence-corrected chi connectivity index (χ1v) is 6.66. The van der Waals surface area contributed by atoms with E-state index in [0.29, 0.717) is 12.6 Å². The number of anilines is 1. The monoisotopic (exact) mass is 246 g/mol. The first-order valence-electron chi connectivity index (χ1n) is 6.66. The zero-order valence-electron chi connectivity index (χ0n) is 11.2. The van der Waals surface area contributed by atoms with E-state index >= 15 is 0 Å². The van der Waals surface area contributed by atoms with Gasteiger partial charge >= 0.3 is 0 Å². The second kappa shape index (κ2) is 5.42. The van der Waals surface area contributed by atoms with Gasteiger partial charge in [0.25, 0.3) is 0 Å². The van der Waals surface area contributed by atoms with Crippen LogP contribution in [0.25, 0.3) is 0 Å². The first kappa shape index (κ1) is 12.9. The Bertz CT molecular complexity index is 400. The predicted molar refractivity (Wildman–Crippen MR) is 74.5 cm³/mol. The Labute approximate surface area is 109 Å². The molecule has 18 heavy (non-hydrogen) atoms. The molecule has 1 aliphatic rings. The summed E-state index contributed by atoms with van der Waals surface area (Å²) in [5.74, 6) is 0.0822. The number of amides is 1. The molecule has 1 unspecified atom stereocenters. The Balaban J connectivity index is 1.79. The molecule has 0 bridgehead atoms. The third kappa shape index (κ3) is 3.25. The van der Waals surface area contributed by atoms with Crippen LogP contribution in [0.5, 0.6) is 0 Å². The quantitative estimate of drug-likeness (QED) is 0.857. The molecular weight excluding hydrogens is 224 g/mol. The molecular formula is C15H22N2O. The Kier molecular flexibility index (Phi) is 3.90. The maximum atomic E-state index is 11.9. The van der Waals surface area contributed by atoms with Crippen LogP contribution in [0, 0.1) is 5.41 Å². The molecule has 3 heteroatoms. The first-order chi connectivity index (χ1) is 8.58. The van der Waals surface area contributed by atoms with Gasteiger partial charge in [-0.1, -0.05) is 38.5 Å². The van der Waals surface area contributed by atoms with Crippen LogP contribution in [0.15, 0.2) is 30.3 Å². The zero-order valence-corrected chi connectivity index (χ0v) is 11.2. The van der Waals surface area contributed by atoms with Crippen molar-refractivity contribution in [3.05, 3.63) is 30.3 Å². The molecule has 0 saturated heterocycles. The van der Waals surface area contributed by atoms with Crippen molar-refractivity contribution >= 4 is 11.6 Å². The number of para-hydroxylation sites is 1.